The largest absolute Gasteiger partial charge is 0.477 e. The summed E-state index contributed by atoms with van der Waals surface area (Å²) in [6.45, 7) is 27.3. The van der Waals surface area contributed by atoms with Gasteiger partial charge >= 0.3 is 5.97 Å². The number of amides is 2. The molecular weight excluding hydrogens is 1410 g/mol. The van der Waals surface area contributed by atoms with Gasteiger partial charge in [-0.15, -0.1) is 36.4 Å². The molecule has 22 heteroatoms. The lowest BCUT2D eigenvalue weighted by molar-refractivity contribution is 0.0696. The van der Waals surface area contributed by atoms with Gasteiger partial charge in [-0.05, 0) is 169 Å². The highest BCUT2D eigenvalue weighted by Gasteiger charge is 2.42. The lowest BCUT2D eigenvalue weighted by atomic mass is 9.84. The maximum atomic E-state index is 13.6. The number of aromatic nitrogens is 6. The monoisotopic (exact) mass is 1500 g/mol. The Bertz CT molecular complexity index is 3940. The van der Waals surface area contributed by atoms with Crippen molar-refractivity contribution in [3.63, 3.8) is 0 Å². The molecule has 548 valence electrons. The van der Waals surface area contributed by atoms with Crippen LogP contribution in [0, 0.1) is 0 Å². The van der Waals surface area contributed by atoms with Crippen LogP contribution in [0.5, 0.6) is 0 Å². The van der Waals surface area contributed by atoms with Crippen molar-refractivity contribution in [2.45, 2.75) is 199 Å². The fourth-order valence-corrected chi connectivity index (χ4v) is 14.1. The number of fused-ring (bicyclic) bond motifs is 3. The van der Waals surface area contributed by atoms with Gasteiger partial charge < -0.3 is 37.4 Å². The Morgan fingerprint density at radius 2 is 0.706 bits per heavy atom. The Balaban J connectivity index is 0.000000219. The second kappa shape index (κ2) is 36.3. The van der Waals surface area contributed by atoms with Crippen molar-refractivity contribution in [3.8, 4) is 0 Å². The van der Waals surface area contributed by atoms with Gasteiger partial charge in [0.15, 0.2) is 0 Å². The van der Waals surface area contributed by atoms with Crippen LogP contribution in [-0.2, 0) is 33.2 Å². The smallest absolute Gasteiger partial charge is 0.341 e. The van der Waals surface area contributed by atoms with E-state index in [9.17, 15) is 19.5 Å². The van der Waals surface area contributed by atoms with E-state index in [0.717, 1.165) is 97.0 Å². The average molecular weight is 1510 g/mol. The minimum atomic E-state index is -0.955. The number of carboxylic acids is 1. The quantitative estimate of drug-likeness (QED) is 0.0426. The maximum Gasteiger partial charge on any atom is 0.341 e. The zero-order valence-corrected chi connectivity index (χ0v) is 65.5. The molecular formula is C80H102Cl6N12O4. The fourth-order valence-electron chi connectivity index (χ4n) is 13.8. The highest BCUT2D eigenvalue weighted by Crippen LogP contribution is 2.44. The zero-order chi connectivity index (χ0) is 72.8. The van der Waals surface area contributed by atoms with Crippen molar-refractivity contribution in [1.82, 2.24) is 40.0 Å². The molecule has 12 rings (SSSR count). The van der Waals surface area contributed by atoms with Crippen LogP contribution < -0.4 is 32.3 Å². The van der Waals surface area contributed by atoms with Gasteiger partial charge in [-0.3, -0.25) is 9.59 Å². The van der Waals surface area contributed by atoms with Gasteiger partial charge in [-0.25, -0.2) is 18.8 Å². The van der Waals surface area contributed by atoms with Gasteiger partial charge in [-0.2, -0.15) is 15.3 Å². The van der Waals surface area contributed by atoms with Gasteiger partial charge in [-0.1, -0.05) is 211 Å². The number of alkyl halides is 1. The van der Waals surface area contributed by atoms with E-state index in [1.807, 2.05) is 144 Å². The van der Waals surface area contributed by atoms with Gasteiger partial charge in [0.05, 0.1) is 64.4 Å². The molecule has 102 heavy (non-hydrogen) atoms. The minimum absolute atomic E-state index is 0. The molecule has 16 nitrogen and oxygen atoms in total. The third-order valence-corrected chi connectivity index (χ3v) is 20.7. The first kappa shape index (κ1) is 83.4. The first-order valence-electron chi connectivity index (χ1n) is 34.8. The lowest BCUT2D eigenvalue weighted by Gasteiger charge is -2.38. The van der Waals surface area contributed by atoms with Crippen molar-refractivity contribution >= 4 is 106 Å². The molecule has 3 aliphatic rings. The number of hydrogen-bond acceptors (Lipinski definition) is 10. The lowest BCUT2D eigenvalue weighted by Crippen LogP contribution is -2.45. The Morgan fingerprint density at radius 3 is 0.961 bits per heavy atom. The molecule has 3 aromatic heterocycles. The van der Waals surface area contributed by atoms with Crippen molar-refractivity contribution in [1.29, 1.82) is 0 Å². The van der Waals surface area contributed by atoms with E-state index in [-0.39, 0.29) is 82.5 Å². The number of nitrogens with one attached hydrogen (secondary N) is 5. The molecule has 0 spiro atoms. The number of carboxylic acid groups (broad SMARTS) is 1. The molecule has 0 saturated heterocycles. The minimum Gasteiger partial charge on any atom is -0.477 e. The number of hydrogen-bond donors (Lipinski definition) is 7. The Hall–Kier alpha value is -7.54. The normalized spacial score (nSPS) is 16.5. The molecule has 8 N–H and O–H groups in total. The molecule has 6 heterocycles. The molecule has 0 bridgehead atoms. The summed E-state index contributed by atoms with van der Waals surface area (Å²) in [4.78, 5) is 38.4. The number of anilines is 3. The molecule has 0 aliphatic carbocycles. The van der Waals surface area contributed by atoms with E-state index in [1.165, 1.54) is 22.9 Å². The van der Waals surface area contributed by atoms with Crippen molar-refractivity contribution in [2.24, 2.45) is 5.73 Å². The third-order valence-electron chi connectivity index (χ3n) is 20.0. The number of carbonyl (C=O) groups is 3. The van der Waals surface area contributed by atoms with Crippen molar-refractivity contribution in [3.05, 3.63) is 248 Å². The Kier molecular flexibility index (Phi) is 29.6. The topological polar surface area (TPSA) is 211 Å². The highest BCUT2D eigenvalue weighted by atomic mass is 35.5. The second-order valence-corrected chi connectivity index (χ2v) is 29.6. The summed E-state index contributed by atoms with van der Waals surface area (Å²) < 4.78 is 5.67. The first-order valence-corrected chi connectivity index (χ1v) is 36.5. The highest BCUT2D eigenvalue weighted by molar-refractivity contribution is 6.31. The molecule has 0 saturated carbocycles. The summed E-state index contributed by atoms with van der Waals surface area (Å²) in [5.74, 6) is 1.64. The van der Waals surface area contributed by atoms with E-state index in [2.05, 4.69) is 161 Å². The second-order valence-electron chi connectivity index (χ2n) is 27.8. The molecule has 0 unspecified atom stereocenters. The van der Waals surface area contributed by atoms with Gasteiger partial charge in [0.2, 0.25) is 0 Å². The predicted molar refractivity (Wildman–Crippen MR) is 425 cm³/mol. The van der Waals surface area contributed by atoms with Crippen LogP contribution in [0.25, 0.3) is 0 Å². The standard InChI is InChI=1S/2C26H31ClN4O.C15H17N3O2.C11H16ClN.C2H5Cl.2ClH/c2*1-5-26(6-2,19-12-14-20(27)15-13-19)30-24(32)21-17-28-31-23(21)29-22(16-25(31,3)4)18-10-8-7-9-11-18;1-15(2)8-12(10-6-4-3-5-7-10)17-13-11(14(19)20)9-16-18(13)15;1-3-11(13,4-2)9-5-7-10(12)8-6-9;1-2-3;;/h2*7-15,17,22,29H,5-6,16H2,1-4H3,(H,30,32);3-7,9,12,17H,8H2,1-2H3,(H,19,20);5-8H,3-4,13H2,1-2H3;2H2,1H3;2*1H/t2*22-;12-;;;;/m000..../s1. The van der Waals surface area contributed by atoms with Gasteiger partial charge in [0.25, 0.3) is 11.8 Å². The van der Waals surface area contributed by atoms with Crippen LogP contribution in [0.4, 0.5) is 17.5 Å². The van der Waals surface area contributed by atoms with Gasteiger partial charge in [0.1, 0.15) is 34.1 Å². The maximum absolute atomic E-state index is 13.6. The average Bonchev–Trinajstić information content (AvgIpc) is 1.73. The van der Waals surface area contributed by atoms with Crippen molar-refractivity contribution < 1.29 is 19.5 Å². The van der Waals surface area contributed by atoms with E-state index in [1.54, 1.807) is 17.1 Å². The summed E-state index contributed by atoms with van der Waals surface area (Å²) in [5, 5.41) is 42.0. The number of carbonyl (C=O) groups excluding carboxylic acids is 2. The number of halogens is 6. The predicted octanol–water partition coefficient (Wildman–Crippen LogP) is 20.8. The molecule has 3 aliphatic heterocycles. The zero-order valence-electron chi connectivity index (χ0n) is 60.9. The van der Waals surface area contributed by atoms with E-state index < -0.39 is 17.0 Å². The fraction of sp³-hybridized carbons (Fsp3) is 0.400. The van der Waals surface area contributed by atoms with Gasteiger partial charge in [0, 0.05) is 26.5 Å². The van der Waals surface area contributed by atoms with Crippen LogP contribution >= 0.6 is 71.2 Å². The number of nitrogens with zero attached hydrogens (tertiary/aromatic N) is 6. The van der Waals surface area contributed by atoms with Crippen LogP contribution in [0.1, 0.15) is 230 Å². The van der Waals surface area contributed by atoms with Crippen LogP contribution in [-0.4, -0.2) is 58.1 Å². The molecule has 2 amide bonds. The summed E-state index contributed by atoms with van der Waals surface area (Å²) in [7, 11) is 0. The first-order chi connectivity index (χ1) is 47.6. The summed E-state index contributed by atoms with van der Waals surface area (Å²) in [6.07, 6.45) is 12.4. The van der Waals surface area contributed by atoms with Crippen LogP contribution in [0.2, 0.25) is 15.1 Å². The molecule has 3 atom stereocenters. The van der Waals surface area contributed by atoms with Crippen LogP contribution in [0.3, 0.4) is 0 Å². The SMILES string of the molecule is CC1(C)C[C@@H](c2ccccc2)Nc2c(C(=O)O)cnn21.CCC(CC)(NC(=O)c1cnn2c1N[C@H](c1ccccc1)CC2(C)C)c1ccc(Cl)cc1.CCC(CC)(NC(=O)c1cnn2c1N[C@H](c1ccccc1)CC2(C)C)c1ccc(Cl)cc1.CCC(N)(CC)c1ccc(Cl)cc1.CCCl.Cl.Cl. The van der Waals surface area contributed by atoms with Crippen LogP contribution in [0.15, 0.2) is 182 Å². The number of nitrogens with two attached hydrogens (primary N) is 1. The molecule has 6 aromatic carbocycles. The van der Waals surface area contributed by atoms with E-state index >= 15 is 0 Å². The summed E-state index contributed by atoms with van der Waals surface area (Å²) >= 11 is 23.0. The number of benzene rings is 6. The summed E-state index contributed by atoms with van der Waals surface area (Å²) in [6, 6.07) is 54.4. The van der Waals surface area contributed by atoms with E-state index in [4.69, 9.17) is 52.1 Å². The van der Waals surface area contributed by atoms with E-state index in [0.29, 0.717) is 27.0 Å². The number of rotatable bonds is 17. The summed E-state index contributed by atoms with van der Waals surface area (Å²) in [5.41, 5.74) is 12.6. The number of aromatic carboxylic acids is 1. The Morgan fingerprint density at radius 1 is 0.451 bits per heavy atom. The van der Waals surface area contributed by atoms with Crippen molar-refractivity contribution in [2.75, 3.05) is 21.8 Å². The third kappa shape index (κ3) is 19.2. The molecule has 0 radical (unpaired) electrons. The molecule has 0 fully saturated rings. The Labute approximate surface area is 635 Å². The molecule has 9 aromatic rings.